The van der Waals surface area contributed by atoms with E-state index in [0.29, 0.717) is 18.7 Å². The van der Waals surface area contributed by atoms with Crippen molar-refractivity contribution >= 4 is 5.91 Å². The van der Waals surface area contributed by atoms with E-state index < -0.39 is 0 Å². The summed E-state index contributed by atoms with van der Waals surface area (Å²) in [5.41, 5.74) is 11.3. The average Bonchev–Trinajstić information content (AvgIpc) is 2.89. The van der Waals surface area contributed by atoms with Gasteiger partial charge in [-0.1, -0.05) is 109 Å². The first-order valence-corrected chi connectivity index (χ1v) is 11.5. The maximum Gasteiger partial charge on any atom is 0.255 e. The number of benzene rings is 4. The summed E-state index contributed by atoms with van der Waals surface area (Å²) in [4.78, 5) is 16.0. The maximum absolute atomic E-state index is 14.0. The van der Waals surface area contributed by atoms with Gasteiger partial charge in [-0.3, -0.25) is 4.79 Å². The second-order valence-electron chi connectivity index (χ2n) is 8.24. The van der Waals surface area contributed by atoms with Gasteiger partial charge in [-0.05, 0) is 41.2 Å². The van der Waals surface area contributed by atoms with E-state index in [4.69, 9.17) is 5.73 Å². The first-order valence-electron chi connectivity index (χ1n) is 11.5. The van der Waals surface area contributed by atoms with E-state index in [-0.39, 0.29) is 11.9 Å². The fourth-order valence-corrected chi connectivity index (χ4v) is 4.22. The molecule has 0 saturated heterocycles. The van der Waals surface area contributed by atoms with E-state index in [1.807, 2.05) is 83.8 Å². The Morgan fingerprint density at radius 3 is 1.88 bits per heavy atom. The largest absolute Gasteiger partial charge is 0.330 e. The van der Waals surface area contributed by atoms with E-state index in [2.05, 4.69) is 36.4 Å². The Morgan fingerprint density at radius 1 is 0.697 bits per heavy atom. The summed E-state index contributed by atoms with van der Waals surface area (Å²) >= 11 is 0. The first-order chi connectivity index (χ1) is 16.3. The number of nitrogens with zero attached hydrogens (tertiary/aromatic N) is 1. The summed E-state index contributed by atoms with van der Waals surface area (Å²) in [5, 5.41) is 0. The Hall–Kier alpha value is -3.69. The smallest absolute Gasteiger partial charge is 0.255 e. The van der Waals surface area contributed by atoms with Crippen LogP contribution in [0.15, 0.2) is 115 Å². The summed E-state index contributed by atoms with van der Waals surface area (Å²) in [7, 11) is 0. The van der Waals surface area contributed by atoms with Gasteiger partial charge in [-0.15, -0.1) is 0 Å². The van der Waals surface area contributed by atoms with Crippen molar-refractivity contribution in [1.82, 2.24) is 4.90 Å². The van der Waals surface area contributed by atoms with Crippen LogP contribution >= 0.6 is 0 Å². The molecule has 0 bridgehead atoms. The van der Waals surface area contributed by atoms with Gasteiger partial charge >= 0.3 is 0 Å². The molecule has 0 fully saturated rings. The molecule has 0 saturated carbocycles. The predicted octanol–water partition coefficient (Wildman–Crippen LogP) is 5.96. The lowest BCUT2D eigenvalue weighted by molar-refractivity contribution is 0.0658. The highest BCUT2D eigenvalue weighted by molar-refractivity contribution is 6.01. The van der Waals surface area contributed by atoms with Crippen molar-refractivity contribution < 1.29 is 4.79 Å². The monoisotopic (exact) mass is 434 g/mol. The molecule has 1 atom stereocenters. The molecular formula is C30H30N2O. The maximum atomic E-state index is 14.0. The fourth-order valence-electron chi connectivity index (χ4n) is 4.22. The van der Waals surface area contributed by atoms with Crippen LogP contribution in [-0.4, -0.2) is 23.4 Å². The van der Waals surface area contributed by atoms with Crippen LogP contribution in [0.3, 0.4) is 0 Å². The van der Waals surface area contributed by atoms with Crippen molar-refractivity contribution in [2.24, 2.45) is 5.73 Å². The summed E-state index contributed by atoms with van der Waals surface area (Å²) in [5.74, 6) is 0.0156. The molecule has 4 aromatic carbocycles. The molecule has 0 aromatic heterocycles. The molecule has 166 valence electrons. The van der Waals surface area contributed by atoms with Crippen molar-refractivity contribution in [2.75, 3.05) is 6.54 Å². The molecule has 0 aliphatic rings. The molecule has 3 nitrogen and oxygen atoms in total. The standard InChI is InChI=1S/C30H30N2O/c31-22-27(21-20-24-12-4-1-5-13-24)32(23-25-14-6-2-7-15-25)30(33)29-19-11-10-18-28(29)26-16-8-3-9-17-26/h1-19,27H,20-23,31H2/t27-/m0/s1. The topological polar surface area (TPSA) is 46.3 Å². The van der Waals surface area contributed by atoms with Gasteiger partial charge in [0.1, 0.15) is 0 Å². The summed E-state index contributed by atoms with van der Waals surface area (Å²) in [6.45, 7) is 0.943. The number of carbonyl (C=O) groups excluding carboxylic acids is 1. The number of aryl methyl sites for hydroxylation is 1. The van der Waals surface area contributed by atoms with E-state index in [1.165, 1.54) is 5.56 Å². The second-order valence-corrected chi connectivity index (χ2v) is 8.24. The molecule has 1 amide bonds. The van der Waals surface area contributed by atoms with Gasteiger partial charge in [0, 0.05) is 24.7 Å². The molecule has 33 heavy (non-hydrogen) atoms. The molecule has 3 heteroatoms. The van der Waals surface area contributed by atoms with Gasteiger partial charge in [-0.25, -0.2) is 0 Å². The number of carbonyl (C=O) groups is 1. The number of amides is 1. The zero-order chi connectivity index (χ0) is 22.9. The first kappa shape index (κ1) is 22.5. The molecule has 4 aromatic rings. The van der Waals surface area contributed by atoms with E-state index in [9.17, 15) is 4.79 Å². The molecule has 0 heterocycles. The second kappa shape index (κ2) is 11.3. The highest BCUT2D eigenvalue weighted by Crippen LogP contribution is 2.26. The van der Waals surface area contributed by atoms with Gasteiger partial charge in [0.25, 0.3) is 5.91 Å². The lowest BCUT2D eigenvalue weighted by Gasteiger charge is -2.32. The zero-order valence-corrected chi connectivity index (χ0v) is 18.8. The van der Waals surface area contributed by atoms with Crippen LogP contribution in [0.25, 0.3) is 11.1 Å². The Bertz CT molecular complexity index is 1140. The number of hydrogen-bond donors (Lipinski definition) is 1. The van der Waals surface area contributed by atoms with Gasteiger partial charge in [0.15, 0.2) is 0 Å². The molecule has 4 rings (SSSR count). The Kier molecular flexibility index (Phi) is 7.68. The third-order valence-corrected chi connectivity index (χ3v) is 6.02. The molecule has 0 unspecified atom stereocenters. The Labute approximate surface area is 196 Å². The number of hydrogen-bond acceptors (Lipinski definition) is 2. The van der Waals surface area contributed by atoms with Gasteiger partial charge in [0.05, 0.1) is 0 Å². The van der Waals surface area contributed by atoms with Crippen LogP contribution in [-0.2, 0) is 13.0 Å². The zero-order valence-electron chi connectivity index (χ0n) is 18.8. The summed E-state index contributed by atoms with van der Waals surface area (Å²) in [6.07, 6.45) is 1.69. The lowest BCUT2D eigenvalue weighted by atomic mass is 9.97. The SMILES string of the molecule is NC[C@H](CCc1ccccc1)N(Cc1ccccc1)C(=O)c1ccccc1-c1ccccc1. The Balaban J connectivity index is 1.66. The van der Waals surface area contributed by atoms with Crippen molar-refractivity contribution in [3.05, 3.63) is 132 Å². The highest BCUT2D eigenvalue weighted by Gasteiger charge is 2.26. The van der Waals surface area contributed by atoms with E-state index in [0.717, 1.165) is 29.5 Å². The Morgan fingerprint density at radius 2 is 1.24 bits per heavy atom. The minimum Gasteiger partial charge on any atom is -0.330 e. The molecule has 2 N–H and O–H groups in total. The molecule has 0 aliphatic heterocycles. The number of nitrogens with two attached hydrogens (primary N) is 1. The van der Waals surface area contributed by atoms with Crippen LogP contribution in [0.4, 0.5) is 0 Å². The van der Waals surface area contributed by atoms with Gasteiger partial charge in [0.2, 0.25) is 0 Å². The van der Waals surface area contributed by atoms with Crippen molar-refractivity contribution in [2.45, 2.75) is 25.4 Å². The van der Waals surface area contributed by atoms with Crippen LogP contribution in [0, 0.1) is 0 Å². The summed E-state index contributed by atoms with van der Waals surface area (Å²) in [6, 6.07) is 38.4. The average molecular weight is 435 g/mol. The number of rotatable bonds is 9. The predicted molar refractivity (Wildman–Crippen MR) is 136 cm³/mol. The van der Waals surface area contributed by atoms with Crippen LogP contribution in [0.2, 0.25) is 0 Å². The molecular weight excluding hydrogens is 404 g/mol. The van der Waals surface area contributed by atoms with E-state index >= 15 is 0 Å². The highest BCUT2D eigenvalue weighted by atomic mass is 16.2. The third-order valence-electron chi connectivity index (χ3n) is 6.02. The van der Waals surface area contributed by atoms with Gasteiger partial charge in [-0.2, -0.15) is 0 Å². The van der Waals surface area contributed by atoms with Crippen LogP contribution in [0.5, 0.6) is 0 Å². The van der Waals surface area contributed by atoms with Crippen molar-refractivity contribution in [3.8, 4) is 11.1 Å². The van der Waals surface area contributed by atoms with Crippen molar-refractivity contribution in [3.63, 3.8) is 0 Å². The normalized spacial score (nSPS) is 11.7. The quantitative estimate of drug-likeness (QED) is 0.353. The van der Waals surface area contributed by atoms with Crippen LogP contribution in [0.1, 0.15) is 27.9 Å². The van der Waals surface area contributed by atoms with E-state index in [1.54, 1.807) is 0 Å². The third kappa shape index (κ3) is 5.76. The minimum absolute atomic E-state index is 0.0156. The fraction of sp³-hybridized carbons (Fsp3) is 0.167. The molecule has 0 spiro atoms. The van der Waals surface area contributed by atoms with Gasteiger partial charge < -0.3 is 10.6 Å². The summed E-state index contributed by atoms with van der Waals surface area (Å²) < 4.78 is 0. The lowest BCUT2D eigenvalue weighted by Crippen LogP contribution is -2.44. The minimum atomic E-state index is -0.0678. The van der Waals surface area contributed by atoms with Crippen molar-refractivity contribution in [1.29, 1.82) is 0 Å². The molecule has 0 aliphatic carbocycles. The van der Waals surface area contributed by atoms with Crippen LogP contribution < -0.4 is 5.73 Å². The molecule has 0 radical (unpaired) electrons.